The van der Waals surface area contributed by atoms with Crippen LogP contribution < -0.4 is 10.2 Å². The van der Waals surface area contributed by atoms with Crippen LogP contribution in [0.5, 0.6) is 0 Å². The molecule has 0 atom stereocenters. The fourth-order valence-corrected chi connectivity index (χ4v) is 3.20. The summed E-state index contributed by atoms with van der Waals surface area (Å²) in [7, 11) is 0. The summed E-state index contributed by atoms with van der Waals surface area (Å²) >= 11 is 0. The first-order valence-corrected chi connectivity index (χ1v) is 8.05. The Bertz CT molecular complexity index is 436. The molecular formula is C15H25N5. The maximum atomic E-state index is 4.64. The average molecular weight is 275 g/mol. The van der Waals surface area contributed by atoms with Crippen LogP contribution in [0, 0.1) is 6.92 Å². The zero-order valence-electron chi connectivity index (χ0n) is 12.4. The van der Waals surface area contributed by atoms with Gasteiger partial charge in [-0.2, -0.15) is 15.0 Å². The third kappa shape index (κ3) is 3.38. The van der Waals surface area contributed by atoms with E-state index in [0.717, 1.165) is 30.8 Å². The Balaban J connectivity index is 1.71. The minimum absolute atomic E-state index is 0.541. The van der Waals surface area contributed by atoms with E-state index in [4.69, 9.17) is 0 Å². The second kappa shape index (κ2) is 6.37. The van der Waals surface area contributed by atoms with Crippen molar-refractivity contribution in [1.82, 2.24) is 15.0 Å². The topological polar surface area (TPSA) is 53.9 Å². The van der Waals surface area contributed by atoms with Crippen LogP contribution in [0.2, 0.25) is 0 Å². The molecule has 0 aromatic carbocycles. The standard InChI is InChI=1S/C15H25N5/c1-12-16-14(18-13-8-4-2-5-9-13)19-15(17-12)20-10-6-3-7-11-20/h13H,2-11H2,1H3,(H,16,17,18,19). The molecule has 1 aromatic rings. The maximum absolute atomic E-state index is 4.64. The first kappa shape index (κ1) is 13.6. The molecule has 110 valence electrons. The van der Waals surface area contributed by atoms with Gasteiger partial charge < -0.3 is 10.2 Å². The van der Waals surface area contributed by atoms with Gasteiger partial charge in [0.1, 0.15) is 5.82 Å². The molecule has 0 bridgehead atoms. The van der Waals surface area contributed by atoms with Gasteiger partial charge in [0, 0.05) is 19.1 Å². The summed E-state index contributed by atoms with van der Waals surface area (Å²) in [6.45, 7) is 4.11. The lowest BCUT2D eigenvalue weighted by molar-refractivity contribution is 0.460. The van der Waals surface area contributed by atoms with E-state index in [9.17, 15) is 0 Å². The van der Waals surface area contributed by atoms with Gasteiger partial charge in [-0.1, -0.05) is 19.3 Å². The number of nitrogens with zero attached hydrogens (tertiary/aromatic N) is 4. The molecule has 1 saturated heterocycles. The Morgan fingerprint density at radius 1 is 0.900 bits per heavy atom. The Labute approximate surface area is 121 Å². The average Bonchev–Trinajstić information content (AvgIpc) is 2.49. The van der Waals surface area contributed by atoms with Crippen LogP contribution in [-0.2, 0) is 0 Å². The quantitative estimate of drug-likeness (QED) is 0.919. The van der Waals surface area contributed by atoms with Gasteiger partial charge in [0.25, 0.3) is 0 Å². The van der Waals surface area contributed by atoms with Crippen LogP contribution in [0.25, 0.3) is 0 Å². The minimum atomic E-state index is 0.541. The highest BCUT2D eigenvalue weighted by Crippen LogP contribution is 2.21. The van der Waals surface area contributed by atoms with E-state index < -0.39 is 0 Å². The predicted octanol–water partition coefficient (Wildman–Crippen LogP) is 2.91. The molecule has 20 heavy (non-hydrogen) atoms. The Hall–Kier alpha value is -1.39. The molecule has 2 fully saturated rings. The summed E-state index contributed by atoms with van der Waals surface area (Å²) in [5, 5.41) is 3.51. The molecule has 5 heteroatoms. The number of rotatable bonds is 3. The zero-order valence-corrected chi connectivity index (χ0v) is 12.4. The molecule has 0 radical (unpaired) electrons. The lowest BCUT2D eigenvalue weighted by Gasteiger charge is -2.27. The first-order valence-electron chi connectivity index (χ1n) is 8.05. The predicted molar refractivity (Wildman–Crippen MR) is 81.1 cm³/mol. The number of anilines is 2. The highest BCUT2D eigenvalue weighted by Gasteiger charge is 2.18. The molecule has 5 nitrogen and oxygen atoms in total. The number of aromatic nitrogens is 3. The van der Waals surface area contributed by atoms with E-state index in [0.29, 0.717) is 6.04 Å². The van der Waals surface area contributed by atoms with Crippen LogP contribution in [-0.4, -0.2) is 34.1 Å². The number of hydrogen-bond acceptors (Lipinski definition) is 5. The Kier molecular flexibility index (Phi) is 4.33. The van der Waals surface area contributed by atoms with Gasteiger partial charge in [-0.15, -0.1) is 0 Å². The van der Waals surface area contributed by atoms with Gasteiger partial charge in [-0.05, 0) is 39.0 Å². The molecular weight excluding hydrogens is 250 g/mol. The monoisotopic (exact) mass is 275 g/mol. The molecule has 1 N–H and O–H groups in total. The van der Waals surface area contributed by atoms with Gasteiger partial charge in [-0.25, -0.2) is 0 Å². The van der Waals surface area contributed by atoms with E-state index in [-0.39, 0.29) is 0 Å². The molecule has 1 aromatic heterocycles. The summed E-state index contributed by atoms with van der Waals surface area (Å²) in [4.78, 5) is 15.9. The van der Waals surface area contributed by atoms with E-state index in [1.54, 1.807) is 0 Å². The fraction of sp³-hybridized carbons (Fsp3) is 0.800. The largest absolute Gasteiger partial charge is 0.351 e. The van der Waals surface area contributed by atoms with Gasteiger partial charge in [0.15, 0.2) is 0 Å². The van der Waals surface area contributed by atoms with E-state index in [1.165, 1.54) is 51.4 Å². The molecule has 3 rings (SSSR count). The smallest absolute Gasteiger partial charge is 0.230 e. The summed E-state index contributed by atoms with van der Waals surface area (Å²) in [5.74, 6) is 2.44. The molecule has 1 saturated carbocycles. The SMILES string of the molecule is Cc1nc(NC2CCCCC2)nc(N2CCCCC2)n1. The maximum Gasteiger partial charge on any atom is 0.230 e. The molecule has 2 aliphatic rings. The Morgan fingerprint density at radius 2 is 1.60 bits per heavy atom. The van der Waals surface area contributed by atoms with Crippen molar-refractivity contribution < 1.29 is 0 Å². The lowest BCUT2D eigenvalue weighted by Crippen LogP contribution is -2.32. The van der Waals surface area contributed by atoms with Crippen LogP contribution in [0.15, 0.2) is 0 Å². The Morgan fingerprint density at radius 3 is 2.35 bits per heavy atom. The van der Waals surface area contributed by atoms with Crippen LogP contribution in [0.1, 0.15) is 57.2 Å². The molecule has 0 amide bonds. The molecule has 1 aliphatic carbocycles. The molecule has 1 aliphatic heterocycles. The highest BCUT2D eigenvalue weighted by atomic mass is 15.3. The lowest BCUT2D eigenvalue weighted by atomic mass is 9.96. The number of nitrogens with one attached hydrogen (secondary N) is 1. The highest BCUT2D eigenvalue weighted by molar-refractivity contribution is 5.38. The first-order chi connectivity index (χ1) is 9.81. The van der Waals surface area contributed by atoms with Crippen LogP contribution in [0.4, 0.5) is 11.9 Å². The second-order valence-corrected chi connectivity index (χ2v) is 6.03. The van der Waals surface area contributed by atoms with Crippen molar-refractivity contribution in [3.8, 4) is 0 Å². The van der Waals surface area contributed by atoms with Crippen molar-refractivity contribution in [2.24, 2.45) is 0 Å². The van der Waals surface area contributed by atoms with Crippen molar-refractivity contribution in [3.63, 3.8) is 0 Å². The molecule has 0 spiro atoms. The number of hydrogen-bond donors (Lipinski definition) is 1. The third-order valence-corrected chi connectivity index (χ3v) is 4.31. The number of piperidine rings is 1. The van der Waals surface area contributed by atoms with Crippen molar-refractivity contribution in [3.05, 3.63) is 5.82 Å². The van der Waals surface area contributed by atoms with Crippen molar-refractivity contribution in [2.45, 2.75) is 64.3 Å². The molecule has 0 unspecified atom stereocenters. The van der Waals surface area contributed by atoms with Gasteiger partial charge in [0.2, 0.25) is 11.9 Å². The van der Waals surface area contributed by atoms with Crippen LogP contribution >= 0.6 is 0 Å². The van der Waals surface area contributed by atoms with Crippen molar-refractivity contribution in [1.29, 1.82) is 0 Å². The normalized spacial score (nSPS) is 20.9. The number of aryl methyl sites for hydroxylation is 1. The van der Waals surface area contributed by atoms with Gasteiger partial charge in [0.05, 0.1) is 0 Å². The van der Waals surface area contributed by atoms with E-state index >= 15 is 0 Å². The summed E-state index contributed by atoms with van der Waals surface area (Å²) in [6, 6.07) is 0.541. The van der Waals surface area contributed by atoms with Gasteiger partial charge in [-0.3, -0.25) is 0 Å². The third-order valence-electron chi connectivity index (χ3n) is 4.31. The van der Waals surface area contributed by atoms with Crippen LogP contribution in [0.3, 0.4) is 0 Å². The van der Waals surface area contributed by atoms with Crippen molar-refractivity contribution >= 4 is 11.9 Å². The summed E-state index contributed by atoms with van der Waals surface area (Å²) < 4.78 is 0. The summed E-state index contributed by atoms with van der Waals surface area (Å²) in [5.41, 5.74) is 0. The van der Waals surface area contributed by atoms with E-state index in [2.05, 4.69) is 25.2 Å². The van der Waals surface area contributed by atoms with E-state index in [1.807, 2.05) is 6.92 Å². The fourth-order valence-electron chi connectivity index (χ4n) is 3.20. The zero-order chi connectivity index (χ0) is 13.8. The minimum Gasteiger partial charge on any atom is -0.351 e. The van der Waals surface area contributed by atoms with Gasteiger partial charge >= 0.3 is 0 Å². The summed E-state index contributed by atoms with van der Waals surface area (Å²) in [6.07, 6.45) is 10.3. The van der Waals surface area contributed by atoms with Crippen molar-refractivity contribution in [2.75, 3.05) is 23.3 Å². The molecule has 2 heterocycles. The second-order valence-electron chi connectivity index (χ2n) is 6.03.